The largest absolute Gasteiger partial charge is 0.497 e. The monoisotopic (exact) mass is 545 g/mol. The predicted molar refractivity (Wildman–Crippen MR) is 150 cm³/mol. The van der Waals surface area contributed by atoms with Gasteiger partial charge in [0.25, 0.3) is 0 Å². The molecule has 2 aromatic carbocycles. The molecule has 0 radical (unpaired) electrons. The number of hydrogen-bond donors (Lipinski definition) is 0. The van der Waals surface area contributed by atoms with Gasteiger partial charge < -0.3 is 19.3 Å². The van der Waals surface area contributed by atoms with Gasteiger partial charge in [-0.15, -0.1) is 0 Å². The van der Waals surface area contributed by atoms with E-state index in [2.05, 4.69) is 43.3 Å². The van der Waals surface area contributed by atoms with E-state index in [1.54, 1.807) is 33.1 Å². The maximum atomic E-state index is 13.2. The first-order valence-corrected chi connectivity index (χ1v) is 14.6. The van der Waals surface area contributed by atoms with Gasteiger partial charge in [0.05, 0.1) is 18.6 Å². The minimum Gasteiger partial charge on any atom is -0.497 e. The summed E-state index contributed by atoms with van der Waals surface area (Å²) in [6.45, 7) is 5.16. The third-order valence-corrected chi connectivity index (χ3v) is 9.99. The molecule has 1 aliphatic heterocycles. The Morgan fingerprint density at radius 2 is 1.63 bits per heavy atom. The summed E-state index contributed by atoms with van der Waals surface area (Å²) in [7, 11) is 3.65. The Labute approximate surface area is 228 Å². The molecular formula is C29H43N3O5S. The molecular weight excluding hydrogens is 502 g/mol. The third-order valence-electron chi connectivity index (χ3n) is 7.83. The maximum absolute atomic E-state index is 13.2. The summed E-state index contributed by atoms with van der Waals surface area (Å²) >= 11 is 0. The van der Waals surface area contributed by atoms with E-state index in [4.69, 9.17) is 9.47 Å². The highest BCUT2D eigenvalue weighted by molar-refractivity contribution is 7.89. The Hall–Kier alpha value is -2.46. The van der Waals surface area contributed by atoms with Crippen molar-refractivity contribution in [1.82, 2.24) is 14.1 Å². The lowest BCUT2D eigenvalue weighted by atomic mass is 9.81. The Kier molecular flexibility index (Phi) is 10.3. The van der Waals surface area contributed by atoms with Gasteiger partial charge in [0.15, 0.2) is 0 Å². The van der Waals surface area contributed by atoms with Crippen molar-refractivity contribution in [2.24, 2.45) is 0 Å². The number of benzene rings is 2. The van der Waals surface area contributed by atoms with Crippen LogP contribution in [0.3, 0.4) is 0 Å². The van der Waals surface area contributed by atoms with Gasteiger partial charge in [0.1, 0.15) is 12.4 Å². The number of methoxy groups -OCH3 is 1. The lowest BCUT2D eigenvalue weighted by Crippen LogP contribution is -2.54. The number of hydrogen-bond acceptors (Lipinski definition) is 6. The van der Waals surface area contributed by atoms with Crippen molar-refractivity contribution in [3.8, 4) is 5.75 Å². The standard InChI is InChI=1S/C29H43N3O5S/c1-23-20-26(36-6)21-24(2)28(23)38(34,35)31(5)18-19-37-22-27(33)32-16-14-29(15-17-32,30(3)4)13-12-25-10-8-7-9-11-25/h7-11,20-21H,12-19,22H2,1-6H3. The van der Waals surface area contributed by atoms with Crippen LogP contribution in [0.25, 0.3) is 0 Å². The van der Waals surface area contributed by atoms with Crippen LogP contribution >= 0.6 is 0 Å². The van der Waals surface area contributed by atoms with Gasteiger partial charge in [-0.3, -0.25) is 4.79 Å². The summed E-state index contributed by atoms with van der Waals surface area (Å²) in [5, 5.41) is 0. The summed E-state index contributed by atoms with van der Waals surface area (Å²) in [5.41, 5.74) is 2.67. The van der Waals surface area contributed by atoms with Crippen molar-refractivity contribution in [2.45, 2.75) is 50.0 Å². The fraction of sp³-hybridized carbons (Fsp3) is 0.552. The minimum absolute atomic E-state index is 0.0482. The van der Waals surface area contributed by atoms with E-state index in [1.807, 2.05) is 11.0 Å². The zero-order valence-electron chi connectivity index (χ0n) is 23.7. The fourth-order valence-electron chi connectivity index (χ4n) is 5.27. The third kappa shape index (κ3) is 7.14. The molecule has 0 unspecified atom stereocenters. The molecule has 0 atom stereocenters. The second-order valence-corrected chi connectivity index (χ2v) is 12.4. The summed E-state index contributed by atoms with van der Waals surface area (Å²) in [4.78, 5) is 17.3. The number of carbonyl (C=O) groups is 1. The van der Waals surface area contributed by atoms with Crippen LogP contribution < -0.4 is 4.74 Å². The van der Waals surface area contributed by atoms with Crippen LogP contribution in [-0.4, -0.2) is 95.1 Å². The van der Waals surface area contributed by atoms with Crippen molar-refractivity contribution in [3.05, 3.63) is 59.2 Å². The Morgan fingerprint density at radius 1 is 1.03 bits per heavy atom. The number of rotatable bonds is 12. The first kappa shape index (κ1) is 30.1. The molecule has 0 aromatic heterocycles. The van der Waals surface area contributed by atoms with E-state index in [0.29, 0.717) is 30.0 Å². The fourth-order valence-corrected chi connectivity index (χ4v) is 6.83. The molecule has 0 saturated carbocycles. The van der Waals surface area contributed by atoms with E-state index in [-0.39, 0.29) is 36.1 Å². The number of likely N-dealkylation sites (N-methyl/N-ethyl adjacent to an activating group) is 1. The molecule has 1 amide bonds. The van der Waals surface area contributed by atoms with Crippen LogP contribution in [0.1, 0.15) is 36.0 Å². The van der Waals surface area contributed by atoms with E-state index >= 15 is 0 Å². The molecule has 1 heterocycles. The van der Waals surface area contributed by atoms with Gasteiger partial charge in [-0.05, 0) is 82.4 Å². The van der Waals surface area contributed by atoms with Crippen LogP contribution in [0.15, 0.2) is 47.4 Å². The molecule has 38 heavy (non-hydrogen) atoms. The summed E-state index contributed by atoms with van der Waals surface area (Å²) in [6.07, 6.45) is 3.90. The average molecular weight is 546 g/mol. The van der Waals surface area contributed by atoms with Crippen LogP contribution in [0.2, 0.25) is 0 Å². The van der Waals surface area contributed by atoms with Crippen LogP contribution in [0, 0.1) is 13.8 Å². The topological polar surface area (TPSA) is 79.4 Å². The quantitative estimate of drug-likeness (QED) is 0.380. The smallest absolute Gasteiger partial charge is 0.248 e. The number of aryl methyl sites for hydroxylation is 3. The molecule has 0 N–H and O–H groups in total. The Bertz CT molecular complexity index is 1150. The zero-order valence-corrected chi connectivity index (χ0v) is 24.5. The van der Waals surface area contributed by atoms with E-state index in [1.165, 1.54) is 16.9 Å². The normalized spacial score (nSPS) is 15.7. The maximum Gasteiger partial charge on any atom is 0.248 e. The number of carbonyl (C=O) groups excluding carboxylic acids is 1. The van der Waals surface area contributed by atoms with Crippen molar-refractivity contribution in [1.29, 1.82) is 0 Å². The molecule has 8 nitrogen and oxygen atoms in total. The molecule has 9 heteroatoms. The molecule has 1 fully saturated rings. The number of sulfonamides is 1. The highest BCUT2D eigenvalue weighted by Gasteiger charge is 2.37. The lowest BCUT2D eigenvalue weighted by molar-refractivity contribution is -0.138. The van der Waals surface area contributed by atoms with Gasteiger partial charge in [-0.1, -0.05) is 30.3 Å². The zero-order chi connectivity index (χ0) is 27.9. The highest BCUT2D eigenvalue weighted by Crippen LogP contribution is 2.32. The molecule has 1 saturated heterocycles. The molecule has 3 rings (SSSR count). The van der Waals surface area contributed by atoms with E-state index in [9.17, 15) is 13.2 Å². The molecule has 0 aliphatic carbocycles. The van der Waals surface area contributed by atoms with Crippen molar-refractivity contribution in [2.75, 3.05) is 61.1 Å². The number of ether oxygens (including phenoxy) is 2. The van der Waals surface area contributed by atoms with Gasteiger partial charge in [0.2, 0.25) is 15.9 Å². The predicted octanol–water partition coefficient (Wildman–Crippen LogP) is 3.50. The summed E-state index contributed by atoms with van der Waals surface area (Å²) < 4.78 is 38.5. The summed E-state index contributed by atoms with van der Waals surface area (Å²) in [6, 6.07) is 14.0. The number of amides is 1. The van der Waals surface area contributed by atoms with Crippen LogP contribution in [0.4, 0.5) is 0 Å². The van der Waals surface area contributed by atoms with Crippen molar-refractivity contribution >= 4 is 15.9 Å². The van der Waals surface area contributed by atoms with E-state index in [0.717, 1.165) is 25.7 Å². The second-order valence-electron chi connectivity index (χ2n) is 10.5. The van der Waals surface area contributed by atoms with Gasteiger partial charge in [-0.2, -0.15) is 4.31 Å². The summed E-state index contributed by atoms with van der Waals surface area (Å²) in [5.74, 6) is 0.577. The van der Waals surface area contributed by atoms with Gasteiger partial charge in [0, 0.05) is 32.2 Å². The first-order valence-electron chi connectivity index (χ1n) is 13.2. The van der Waals surface area contributed by atoms with Crippen molar-refractivity contribution in [3.63, 3.8) is 0 Å². The van der Waals surface area contributed by atoms with E-state index < -0.39 is 10.0 Å². The van der Waals surface area contributed by atoms with Gasteiger partial charge >= 0.3 is 0 Å². The molecule has 0 spiro atoms. The SMILES string of the molecule is COc1cc(C)c(S(=O)(=O)N(C)CCOCC(=O)N2CCC(CCc3ccccc3)(N(C)C)CC2)c(C)c1. The van der Waals surface area contributed by atoms with Crippen LogP contribution in [-0.2, 0) is 26.0 Å². The number of likely N-dealkylation sites (tertiary alicyclic amines) is 1. The van der Waals surface area contributed by atoms with Gasteiger partial charge in [-0.25, -0.2) is 8.42 Å². The molecule has 0 bridgehead atoms. The highest BCUT2D eigenvalue weighted by atomic mass is 32.2. The molecule has 1 aliphatic rings. The van der Waals surface area contributed by atoms with Crippen molar-refractivity contribution < 1.29 is 22.7 Å². The minimum atomic E-state index is -3.70. The Balaban J connectivity index is 1.47. The average Bonchev–Trinajstić information content (AvgIpc) is 2.89. The first-order chi connectivity index (χ1) is 18.0. The Morgan fingerprint density at radius 3 is 2.18 bits per heavy atom. The lowest BCUT2D eigenvalue weighted by Gasteiger charge is -2.46. The van der Waals surface area contributed by atoms with Crippen LogP contribution in [0.5, 0.6) is 5.75 Å². The molecule has 2 aromatic rings. The second kappa shape index (κ2) is 13.1. The number of nitrogens with zero attached hydrogens (tertiary/aromatic N) is 3. The number of piperidine rings is 1. The molecule has 210 valence electrons.